The summed E-state index contributed by atoms with van der Waals surface area (Å²) >= 11 is 0. The van der Waals surface area contributed by atoms with E-state index in [1.807, 2.05) is 0 Å². The third kappa shape index (κ3) is 8.00. The molecule has 38 heavy (non-hydrogen) atoms. The molecule has 0 radical (unpaired) electrons. The number of amides is 2. The van der Waals surface area contributed by atoms with Crippen LogP contribution in [0, 0.1) is 0 Å². The van der Waals surface area contributed by atoms with Gasteiger partial charge >= 0.3 is 5.97 Å². The Morgan fingerprint density at radius 3 is 2.29 bits per heavy atom. The molecular weight excluding hydrogens is 492 g/mol. The molecule has 1 aromatic carbocycles. The Hall–Kier alpha value is -4.51. The minimum absolute atomic E-state index is 0.0768. The Labute approximate surface area is 220 Å². The second-order valence-corrected chi connectivity index (χ2v) is 8.50. The van der Waals surface area contributed by atoms with E-state index < -0.39 is 5.91 Å². The number of carbonyl (C=O) groups excluding carboxylic acids is 3. The molecule has 1 atom stereocenters. The molecule has 0 saturated heterocycles. The number of benzene rings is 1. The molecule has 11 heteroatoms. The predicted octanol–water partition coefficient (Wildman–Crippen LogP) is 3.35. The van der Waals surface area contributed by atoms with Crippen LogP contribution >= 0.6 is 0 Å². The van der Waals surface area contributed by atoms with Gasteiger partial charge in [0.15, 0.2) is 0 Å². The number of anilines is 1. The quantitative estimate of drug-likeness (QED) is 0.377. The van der Waals surface area contributed by atoms with E-state index in [2.05, 4.69) is 20.0 Å². The lowest BCUT2D eigenvalue weighted by Crippen LogP contribution is -2.21. The Balaban J connectivity index is 1.81. The molecule has 0 unspecified atom stereocenters. The molecule has 200 valence electrons. The van der Waals surface area contributed by atoms with Crippen molar-refractivity contribution in [1.82, 2.24) is 14.9 Å². The van der Waals surface area contributed by atoms with E-state index in [-0.39, 0.29) is 41.7 Å². The van der Waals surface area contributed by atoms with Crippen LogP contribution in [-0.2, 0) is 20.7 Å². The zero-order valence-corrected chi connectivity index (χ0v) is 21.9. The van der Waals surface area contributed by atoms with Gasteiger partial charge < -0.3 is 29.2 Å². The number of nitrogens with zero attached hydrogens (tertiary/aromatic N) is 3. The number of ether oxygens (including phenoxy) is 4. The van der Waals surface area contributed by atoms with Crippen molar-refractivity contribution in [2.45, 2.75) is 19.4 Å². The molecule has 3 aromatic rings. The van der Waals surface area contributed by atoms with Crippen molar-refractivity contribution >= 4 is 23.6 Å². The number of methoxy groups -OCH3 is 2. The zero-order chi connectivity index (χ0) is 27.7. The van der Waals surface area contributed by atoms with E-state index in [1.165, 1.54) is 30.3 Å². The number of nitrogens with one attached hydrogen (secondary N) is 1. The van der Waals surface area contributed by atoms with Crippen LogP contribution in [0.2, 0.25) is 0 Å². The first-order valence-corrected chi connectivity index (χ1v) is 11.7. The van der Waals surface area contributed by atoms with Gasteiger partial charge in [0.2, 0.25) is 11.8 Å². The SMILES string of the molecule is COC[C@@H](C)Oc1cc(C(=O)Nc2ccc(CC(=O)OC)cn2)cc(Oc2ccc(C(=O)N(C)C)cc2)n1. The van der Waals surface area contributed by atoms with E-state index in [9.17, 15) is 14.4 Å². The molecule has 0 aliphatic carbocycles. The van der Waals surface area contributed by atoms with Crippen LogP contribution in [0.5, 0.6) is 17.5 Å². The summed E-state index contributed by atoms with van der Waals surface area (Å²) in [4.78, 5) is 46.6. The summed E-state index contributed by atoms with van der Waals surface area (Å²) in [6.07, 6.45) is 1.23. The fourth-order valence-electron chi connectivity index (χ4n) is 3.27. The molecule has 0 spiro atoms. The van der Waals surface area contributed by atoms with Crippen LogP contribution in [0.25, 0.3) is 0 Å². The standard InChI is InChI=1S/C27H30N4O7/c1-17(16-35-4)37-23-13-20(26(33)29-22-11-6-18(15-28-22)12-25(32)36-5)14-24(30-23)38-21-9-7-19(8-10-21)27(34)31(2)3/h6-11,13-15,17H,12,16H2,1-5H3,(H,28,29,33)/t17-/m1/s1. The average molecular weight is 523 g/mol. The van der Waals surface area contributed by atoms with Gasteiger partial charge in [0, 0.05) is 45.1 Å². The van der Waals surface area contributed by atoms with E-state index in [4.69, 9.17) is 14.2 Å². The van der Waals surface area contributed by atoms with Crippen LogP contribution in [-0.4, -0.2) is 73.7 Å². The lowest BCUT2D eigenvalue weighted by Gasteiger charge is -2.15. The Kier molecular flexibility index (Phi) is 9.72. The van der Waals surface area contributed by atoms with Gasteiger partial charge in [0.05, 0.1) is 25.7 Å². The van der Waals surface area contributed by atoms with Crippen molar-refractivity contribution in [2.24, 2.45) is 0 Å². The largest absolute Gasteiger partial charge is 0.472 e. The highest BCUT2D eigenvalue weighted by molar-refractivity contribution is 6.04. The summed E-state index contributed by atoms with van der Waals surface area (Å²) in [6.45, 7) is 2.12. The third-order valence-electron chi connectivity index (χ3n) is 5.14. The van der Waals surface area contributed by atoms with Crippen molar-refractivity contribution in [3.8, 4) is 17.5 Å². The molecule has 0 saturated carbocycles. The summed E-state index contributed by atoms with van der Waals surface area (Å²) < 4.78 is 21.4. The minimum Gasteiger partial charge on any atom is -0.472 e. The second-order valence-electron chi connectivity index (χ2n) is 8.50. The smallest absolute Gasteiger partial charge is 0.310 e. The average Bonchev–Trinajstić information content (AvgIpc) is 2.89. The fourth-order valence-corrected chi connectivity index (χ4v) is 3.27. The summed E-state index contributed by atoms with van der Waals surface area (Å²) in [7, 11) is 6.21. The monoisotopic (exact) mass is 522 g/mol. The fraction of sp³-hybridized carbons (Fsp3) is 0.296. The molecule has 3 rings (SSSR count). The normalized spacial score (nSPS) is 11.3. The Bertz CT molecular complexity index is 1260. The lowest BCUT2D eigenvalue weighted by atomic mass is 10.2. The van der Waals surface area contributed by atoms with Crippen molar-refractivity contribution in [1.29, 1.82) is 0 Å². The number of hydrogen-bond acceptors (Lipinski definition) is 9. The molecule has 2 heterocycles. The highest BCUT2D eigenvalue weighted by Crippen LogP contribution is 2.25. The van der Waals surface area contributed by atoms with Crippen LogP contribution in [0.15, 0.2) is 54.7 Å². The van der Waals surface area contributed by atoms with Gasteiger partial charge in [0.1, 0.15) is 17.7 Å². The molecule has 2 amide bonds. The van der Waals surface area contributed by atoms with Gasteiger partial charge in [-0.25, -0.2) is 4.98 Å². The lowest BCUT2D eigenvalue weighted by molar-refractivity contribution is -0.139. The van der Waals surface area contributed by atoms with E-state index in [1.54, 1.807) is 64.5 Å². The molecule has 11 nitrogen and oxygen atoms in total. The topological polar surface area (TPSA) is 129 Å². The molecule has 1 N–H and O–H groups in total. The number of esters is 1. The second kappa shape index (κ2) is 13.2. The number of hydrogen-bond donors (Lipinski definition) is 1. The first-order valence-electron chi connectivity index (χ1n) is 11.7. The van der Waals surface area contributed by atoms with Gasteiger partial charge in [-0.1, -0.05) is 6.07 Å². The summed E-state index contributed by atoms with van der Waals surface area (Å²) in [5, 5.41) is 2.71. The van der Waals surface area contributed by atoms with E-state index in [0.717, 1.165) is 0 Å². The minimum atomic E-state index is -0.471. The van der Waals surface area contributed by atoms with Gasteiger partial charge in [-0.2, -0.15) is 4.98 Å². The number of pyridine rings is 2. The first-order chi connectivity index (χ1) is 18.2. The molecule has 0 fully saturated rings. The predicted molar refractivity (Wildman–Crippen MR) is 139 cm³/mol. The van der Waals surface area contributed by atoms with Gasteiger partial charge in [0.25, 0.3) is 11.8 Å². The maximum Gasteiger partial charge on any atom is 0.310 e. The van der Waals surface area contributed by atoms with Gasteiger partial charge in [-0.3, -0.25) is 14.4 Å². The van der Waals surface area contributed by atoms with Crippen LogP contribution < -0.4 is 14.8 Å². The van der Waals surface area contributed by atoms with Crippen molar-refractivity contribution in [3.05, 3.63) is 71.4 Å². The van der Waals surface area contributed by atoms with Gasteiger partial charge in [-0.15, -0.1) is 0 Å². The maximum absolute atomic E-state index is 13.0. The third-order valence-corrected chi connectivity index (χ3v) is 5.14. The maximum atomic E-state index is 13.0. The molecule has 0 bridgehead atoms. The van der Waals surface area contributed by atoms with Gasteiger partial charge in [-0.05, 0) is 42.8 Å². The Morgan fingerprint density at radius 2 is 1.68 bits per heavy atom. The van der Waals surface area contributed by atoms with E-state index >= 15 is 0 Å². The van der Waals surface area contributed by atoms with Crippen LogP contribution in [0.4, 0.5) is 5.82 Å². The summed E-state index contributed by atoms with van der Waals surface area (Å²) in [5.74, 6) is -0.00137. The number of rotatable bonds is 11. The summed E-state index contributed by atoms with van der Waals surface area (Å²) in [6, 6.07) is 12.8. The number of aromatic nitrogens is 2. The zero-order valence-electron chi connectivity index (χ0n) is 21.9. The molecule has 0 aliphatic heterocycles. The van der Waals surface area contributed by atoms with Crippen LogP contribution in [0.1, 0.15) is 33.2 Å². The van der Waals surface area contributed by atoms with E-state index in [0.29, 0.717) is 29.3 Å². The first kappa shape index (κ1) is 28.1. The highest BCUT2D eigenvalue weighted by atomic mass is 16.5. The molecule has 2 aromatic heterocycles. The molecule has 0 aliphatic rings. The highest BCUT2D eigenvalue weighted by Gasteiger charge is 2.16. The Morgan fingerprint density at radius 1 is 0.974 bits per heavy atom. The van der Waals surface area contributed by atoms with Crippen molar-refractivity contribution < 1.29 is 33.3 Å². The van der Waals surface area contributed by atoms with Crippen LogP contribution in [0.3, 0.4) is 0 Å². The van der Waals surface area contributed by atoms with Crippen molar-refractivity contribution in [3.63, 3.8) is 0 Å². The summed E-state index contributed by atoms with van der Waals surface area (Å²) in [5.41, 5.74) is 1.37. The van der Waals surface area contributed by atoms with Crippen molar-refractivity contribution in [2.75, 3.05) is 40.2 Å². The molecular formula is C27H30N4O7. The number of carbonyl (C=O) groups is 3.